The average Bonchev–Trinajstić information content (AvgIpc) is 3.27. The Balaban J connectivity index is 1.66. The van der Waals surface area contributed by atoms with Gasteiger partial charge in [0.15, 0.2) is 0 Å². The number of fused-ring (bicyclic) bond motifs is 3. The molecule has 0 radical (unpaired) electrons. The molecule has 41 heavy (non-hydrogen) atoms. The Bertz CT molecular complexity index is 1030. The molecule has 2 aromatic carbocycles. The van der Waals surface area contributed by atoms with Crippen molar-refractivity contribution in [2.75, 3.05) is 0 Å². The molecule has 0 amide bonds. The smallest absolute Gasteiger partial charge is 0.0991 e. The van der Waals surface area contributed by atoms with Crippen LogP contribution in [0.4, 0.5) is 0 Å². The van der Waals surface area contributed by atoms with Gasteiger partial charge in [0.05, 0.1) is 23.3 Å². The summed E-state index contributed by atoms with van der Waals surface area (Å²) in [6.45, 7) is 4.57. The normalized spacial score (nSPS) is 13.0. The Morgan fingerprint density at radius 3 is 1.10 bits per heavy atom. The number of rotatable bonds is 22. The van der Waals surface area contributed by atoms with Crippen molar-refractivity contribution in [2.45, 2.75) is 161 Å². The maximum Gasteiger partial charge on any atom is 0.0991 e. The third-order valence-electron chi connectivity index (χ3n) is 9.53. The fraction of sp³-hybridized carbons (Fsp3) is 0.641. The Hall–Kier alpha value is -2.58. The molecule has 0 aromatic heterocycles. The summed E-state index contributed by atoms with van der Waals surface area (Å²) in [5.74, 6) is 0. The third kappa shape index (κ3) is 9.74. The lowest BCUT2D eigenvalue weighted by Gasteiger charge is -2.33. The van der Waals surface area contributed by atoms with E-state index in [1.807, 2.05) is 12.1 Å². The zero-order valence-corrected chi connectivity index (χ0v) is 26.4. The summed E-state index contributed by atoms with van der Waals surface area (Å²) in [7, 11) is 0. The van der Waals surface area contributed by atoms with Gasteiger partial charge in [0.1, 0.15) is 0 Å². The highest BCUT2D eigenvalue weighted by molar-refractivity contribution is 5.82. The molecule has 0 heterocycles. The van der Waals surface area contributed by atoms with Gasteiger partial charge >= 0.3 is 0 Å². The van der Waals surface area contributed by atoms with Crippen LogP contribution in [0.2, 0.25) is 0 Å². The second-order valence-corrected chi connectivity index (χ2v) is 12.7. The average molecular weight is 553 g/mol. The van der Waals surface area contributed by atoms with Gasteiger partial charge in [-0.15, -0.1) is 0 Å². The maximum absolute atomic E-state index is 9.77. The minimum Gasteiger partial charge on any atom is -0.192 e. The van der Waals surface area contributed by atoms with Gasteiger partial charge in [0.25, 0.3) is 0 Å². The number of unbranched alkanes of at least 4 members (excludes halogenated alkanes) is 18. The summed E-state index contributed by atoms with van der Waals surface area (Å²) in [6.07, 6.45) is 29.0. The molecule has 2 heteroatoms. The van der Waals surface area contributed by atoms with Crippen LogP contribution < -0.4 is 0 Å². The van der Waals surface area contributed by atoms with Crippen LogP contribution in [0, 0.1) is 22.7 Å². The quantitative estimate of drug-likeness (QED) is 0.136. The van der Waals surface area contributed by atoms with Crippen molar-refractivity contribution in [3.8, 4) is 23.3 Å². The van der Waals surface area contributed by atoms with Crippen LogP contribution in [0.1, 0.15) is 177 Å². The monoisotopic (exact) mass is 552 g/mol. The van der Waals surface area contributed by atoms with Gasteiger partial charge < -0.3 is 0 Å². The van der Waals surface area contributed by atoms with Gasteiger partial charge in [-0.3, -0.25) is 0 Å². The van der Waals surface area contributed by atoms with Crippen LogP contribution in [0.25, 0.3) is 11.1 Å². The highest BCUT2D eigenvalue weighted by atomic mass is 14.5. The molecule has 0 atom stereocenters. The molecular formula is C39H56N2. The highest BCUT2D eigenvalue weighted by Gasteiger charge is 2.42. The number of nitriles is 2. The van der Waals surface area contributed by atoms with Crippen LogP contribution in [0.15, 0.2) is 36.4 Å². The molecule has 0 bridgehead atoms. The molecule has 222 valence electrons. The minimum atomic E-state index is -0.0787. The SMILES string of the molecule is CCCCCCCCCCCCC1(CCCCCCCCCCCC)c2cc(C#N)ccc2-c2ccc(C#N)cc21. The van der Waals surface area contributed by atoms with Gasteiger partial charge in [-0.1, -0.05) is 154 Å². The molecule has 0 N–H and O–H groups in total. The molecule has 1 aliphatic rings. The van der Waals surface area contributed by atoms with E-state index < -0.39 is 0 Å². The lowest BCUT2D eigenvalue weighted by Crippen LogP contribution is -2.26. The summed E-state index contributed by atoms with van der Waals surface area (Å²) in [4.78, 5) is 0. The second-order valence-electron chi connectivity index (χ2n) is 12.7. The largest absolute Gasteiger partial charge is 0.192 e. The summed E-state index contributed by atoms with van der Waals surface area (Å²) >= 11 is 0. The first kappa shape index (κ1) is 32.9. The first-order valence-electron chi connectivity index (χ1n) is 17.3. The van der Waals surface area contributed by atoms with Crippen LogP contribution in [0.3, 0.4) is 0 Å². The first-order valence-corrected chi connectivity index (χ1v) is 17.3. The summed E-state index contributed by atoms with van der Waals surface area (Å²) in [5, 5.41) is 19.5. The van der Waals surface area contributed by atoms with Crippen molar-refractivity contribution >= 4 is 0 Å². The van der Waals surface area contributed by atoms with Crippen LogP contribution in [0.5, 0.6) is 0 Å². The molecule has 0 spiro atoms. The zero-order chi connectivity index (χ0) is 29.2. The van der Waals surface area contributed by atoms with E-state index in [0.29, 0.717) is 0 Å². The van der Waals surface area contributed by atoms with Crippen LogP contribution in [-0.2, 0) is 5.41 Å². The van der Waals surface area contributed by atoms with E-state index in [0.717, 1.165) is 24.0 Å². The molecule has 0 saturated carbocycles. The molecule has 2 nitrogen and oxygen atoms in total. The van der Waals surface area contributed by atoms with Gasteiger partial charge in [-0.25, -0.2) is 0 Å². The Labute approximate surface area is 252 Å². The predicted molar refractivity (Wildman–Crippen MR) is 175 cm³/mol. The maximum atomic E-state index is 9.77. The zero-order valence-electron chi connectivity index (χ0n) is 26.4. The van der Waals surface area contributed by atoms with E-state index in [-0.39, 0.29) is 5.41 Å². The highest BCUT2D eigenvalue weighted by Crippen LogP contribution is 2.54. The topological polar surface area (TPSA) is 47.6 Å². The number of hydrogen-bond acceptors (Lipinski definition) is 2. The standard InChI is InChI=1S/C39H56N2/c1-3-5-7-9-11-13-15-17-19-21-27-39(28-22-20-18-16-14-12-10-8-6-4-2)37-29-33(31-40)23-25-35(37)36-26-24-34(32-41)30-38(36)39/h23-26,29-30H,3-22,27-28H2,1-2H3. The van der Waals surface area contributed by atoms with Crippen molar-refractivity contribution in [1.29, 1.82) is 10.5 Å². The Morgan fingerprint density at radius 1 is 0.463 bits per heavy atom. The second kappa shape index (κ2) is 18.8. The van der Waals surface area contributed by atoms with Gasteiger partial charge in [0, 0.05) is 5.41 Å². The van der Waals surface area contributed by atoms with Gasteiger partial charge in [-0.05, 0) is 59.4 Å². The predicted octanol–water partition coefficient (Wildman–Crippen LogP) is 12.3. The van der Waals surface area contributed by atoms with E-state index in [1.54, 1.807) is 0 Å². The van der Waals surface area contributed by atoms with Gasteiger partial charge in [-0.2, -0.15) is 10.5 Å². The first-order chi connectivity index (χ1) is 20.2. The van der Waals surface area contributed by atoms with E-state index in [1.165, 1.54) is 151 Å². The van der Waals surface area contributed by atoms with E-state index in [9.17, 15) is 10.5 Å². The molecular weight excluding hydrogens is 496 g/mol. The summed E-state index contributed by atoms with van der Waals surface area (Å²) in [5.41, 5.74) is 6.68. The fourth-order valence-corrected chi connectivity index (χ4v) is 7.13. The van der Waals surface area contributed by atoms with E-state index >= 15 is 0 Å². The van der Waals surface area contributed by atoms with Crippen molar-refractivity contribution in [1.82, 2.24) is 0 Å². The van der Waals surface area contributed by atoms with Crippen molar-refractivity contribution in [3.63, 3.8) is 0 Å². The Kier molecular flexibility index (Phi) is 15.1. The molecule has 0 aliphatic heterocycles. The molecule has 1 aliphatic carbocycles. The van der Waals surface area contributed by atoms with Crippen LogP contribution >= 0.6 is 0 Å². The molecule has 2 aromatic rings. The van der Waals surface area contributed by atoms with Crippen molar-refractivity contribution < 1.29 is 0 Å². The third-order valence-corrected chi connectivity index (χ3v) is 9.53. The molecule has 0 saturated heterocycles. The minimum absolute atomic E-state index is 0.0787. The molecule has 0 unspecified atom stereocenters. The summed E-state index contributed by atoms with van der Waals surface area (Å²) in [6, 6.07) is 17.4. The Morgan fingerprint density at radius 2 is 0.780 bits per heavy atom. The molecule has 3 rings (SSSR count). The fourth-order valence-electron chi connectivity index (χ4n) is 7.13. The summed E-state index contributed by atoms with van der Waals surface area (Å²) < 4.78 is 0. The number of benzene rings is 2. The molecule has 0 fully saturated rings. The van der Waals surface area contributed by atoms with Crippen molar-refractivity contribution in [2.24, 2.45) is 0 Å². The lowest BCUT2D eigenvalue weighted by atomic mass is 9.70. The van der Waals surface area contributed by atoms with E-state index in [4.69, 9.17) is 0 Å². The van der Waals surface area contributed by atoms with Crippen molar-refractivity contribution in [3.05, 3.63) is 58.7 Å². The van der Waals surface area contributed by atoms with E-state index in [2.05, 4.69) is 50.3 Å². The van der Waals surface area contributed by atoms with Gasteiger partial charge in [0.2, 0.25) is 0 Å². The lowest BCUT2D eigenvalue weighted by molar-refractivity contribution is 0.396. The number of nitrogens with zero attached hydrogens (tertiary/aromatic N) is 2. The number of hydrogen-bond donors (Lipinski definition) is 0. The van der Waals surface area contributed by atoms with Crippen LogP contribution in [-0.4, -0.2) is 0 Å².